The highest BCUT2D eigenvalue weighted by atomic mass is 35.5. The highest BCUT2D eigenvalue weighted by Gasteiger charge is 2.25. The van der Waals surface area contributed by atoms with Crippen molar-refractivity contribution in [1.29, 1.82) is 0 Å². The second kappa shape index (κ2) is 8.09. The van der Waals surface area contributed by atoms with Gasteiger partial charge in [0.1, 0.15) is 0 Å². The van der Waals surface area contributed by atoms with Crippen LogP contribution in [0, 0.1) is 0 Å². The molecular formula is C12H23ClN5O2S-. The van der Waals surface area contributed by atoms with Gasteiger partial charge in [-0.05, 0) is 40.3 Å². The summed E-state index contributed by atoms with van der Waals surface area (Å²) in [5, 5.41) is 4.20. The Morgan fingerprint density at radius 2 is 2.29 bits per heavy atom. The van der Waals surface area contributed by atoms with Gasteiger partial charge in [-0.25, -0.2) is 0 Å². The smallest absolute Gasteiger partial charge is 0.0880 e. The molecule has 0 aliphatic carbocycles. The van der Waals surface area contributed by atoms with E-state index in [1.807, 2.05) is 27.1 Å². The summed E-state index contributed by atoms with van der Waals surface area (Å²) < 4.78 is 26.0. The van der Waals surface area contributed by atoms with Crippen LogP contribution in [-0.4, -0.2) is 54.0 Å². The van der Waals surface area contributed by atoms with Crippen molar-refractivity contribution in [1.82, 2.24) is 19.1 Å². The van der Waals surface area contributed by atoms with Gasteiger partial charge < -0.3 is 14.9 Å². The number of halogens is 1. The maximum absolute atomic E-state index is 11.5. The van der Waals surface area contributed by atoms with Gasteiger partial charge >= 0.3 is 0 Å². The van der Waals surface area contributed by atoms with Gasteiger partial charge in [-0.1, -0.05) is 0 Å². The lowest BCUT2D eigenvalue weighted by Gasteiger charge is -2.38. The Hall–Kier alpha value is -0.670. The summed E-state index contributed by atoms with van der Waals surface area (Å²) in [6.45, 7) is 5.80. The summed E-state index contributed by atoms with van der Waals surface area (Å²) >= 11 is -2.31. The van der Waals surface area contributed by atoms with E-state index >= 15 is 0 Å². The summed E-state index contributed by atoms with van der Waals surface area (Å²) in [5.74, 6) is 0. The van der Waals surface area contributed by atoms with Crippen molar-refractivity contribution in [2.75, 3.05) is 25.6 Å². The van der Waals surface area contributed by atoms with E-state index in [0.29, 0.717) is 5.69 Å². The van der Waals surface area contributed by atoms with Crippen molar-refractivity contribution in [3.05, 3.63) is 12.4 Å². The maximum Gasteiger partial charge on any atom is 0.0880 e. The number of hydrogen-bond acceptors (Lipinski definition) is 5. The molecule has 1 aromatic heterocycles. The Bertz CT molecular complexity index is 470. The first-order valence-corrected chi connectivity index (χ1v) is 7.88. The summed E-state index contributed by atoms with van der Waals surface area (Å²) in [6, 6.07) is 0.201. The number of likely N-dealkylation sites (tertiary alicyclic amines) is 1. The third kappa shape index (κ3) is 4.93. The molecule has 122 valence electrons. The molecule has 1 aliphatic rings. The SMILES string of the molecule is CC(C)n1cc(NN([C@H]2CCCN(C)C2)S(=O)[O-])cn1.Cl. The predicted molar refractivity (Wildman–Crippen MR) is 84.8 cm³/mol. The Labute approximate surface area is 134 Å². The molecule has 1 saturated heterocycles. The summed E-state index contributed by atoms with van der Waals surface area (Å²) in [5.41, 5.74) is 3.65. The lowest BCUT2D eigenvalue weighted by atomic mass is 10.1. The first-order valence-electron chi connectivity index (χ1n) is 6.85. The minimum Gasteiger partial charge on any atom is -0.758 e. The molecule has 0 bridgehead atoms. The molecule has 2 heterocycles. The van der Waals surface area contributed by atoms with Gasteiger partial charge in [-0.15, -0.1) is 16.8 Å². The number of hydrazine groups is 1. The molecule has 1 aliphatic heterocycles. The molecule has 0 saturated carbocycles. The third-order valence-electron chi connectivity index (χ3n) is 3.46. The van der Waals surface area contributed by atoms with Crippen molar-refractivity contribution in [3.63, 3.8) is 0 Å². The predicted octanol–water partition coefficient (Wildman–Crippen LogP) is 1.40. The van der Waals surface area contributed by atoms with Crippen LogP contribution in [0.15, 0.2) is 12.4 Å². The lowest BCUT2D eigenvalue weighted by Crippen LogP contribution is -2.49. The molecule has 0 radical (unpaired) electrons. The van der Waals surface area contributed by atoms with E-state index in [-0.39, 0.29) is 24.5 Å². The van der Waals surface area contributed by atoms with Crippen molar-refractivity contribution in [3.8, 4) is 0 Å². The van der Waals surface area contributed by atoms with Gasteiger partial charge in [0.2, 0.25) is 0 Å². The standard InChI is InChI=1S/C12H23N5O2S.ClH/c1-10(2)16-8-11(7-13-16)14-17(20(18)19)12-5-4-6-15(3)9-12;/h7-8,10,12,14H,4-6,9H2,1-3H3,(H,18,19);1H/p-1/t12-;/m0./s1. The van der Waals surface area contributed by atoms with Gasteiger partial charge in [0.15, 0.2) is 0 Å². The van der Waals surface area contributed by atoms with Gasteiger partial charge in [0.25, 0.3) is 0 Å². The molecular weight excluding hydrogens is 314 g/mol. The van der Waals surface area contributed by atoms with Gasteiger partial charge in [0, 0.05) is 30.0 Å². The van der Waals surface area contributed by atoms with Crippen LogP contribution in [0.3, 0.4) is 0 Å². The number of likely N-dealkylation sites (N-methyl/N-ethyl adjacent to an activating group) is 1. The van der Waals surface area contributed by atoms with Crippen LogP contribution in [0.25, 0.3) is 0 Å². The van der Waals surface area contributed by atoms with Crippen LogP contribution < -0.4 is 5.43 Å². The molecule has 0 spiro atoms. The van der Waals surface area contributed by atoms with E-state index < -0.39 is 11.3 Å². The fourth-order valence-corrected chi connectivity index (χ4v) is 2.98. The summed E-state index contributed by atoms with van der Waals surface area (Å²) in [7, 11) is 2.01. The van der Waals surface area contributed by atoms with Crippen molar-refractivity contribution >= 4 is 29.4 Å². The number of nitrogens with one attached hydrogen (secondary N) is 1. The van der Waals surface area contributed by atoms with E-state index in [1.165, 1.54) is 4.41 Å². The normalized spacial score (nSPS) is 21.3. The summed E-state index contributed by atoms with van der Waals surface area (Å²) in [6.07, 6.45) is 5.33. The zero-order chi connectivity index (χ0) is 14.7. The van der Waals surface area contributed by atoms with Gasteiger partial charge in [-0.3, -0.25) is 8.89 Å². The maximum atomic E-state index is 11.5. The molecule has 9 heteroatoms. The molecule has 1 N–H and O–H groups in total. The van der Waals surface area contributed by atoms with Gasteiger partial charge in [-0.2, -0.15) is 5.10 Å². The average molecular weight is 337 g/mol. The minimum atomic E-state index is -2.31. The Morgan fingerprint density at radius 3 is 2.81 bits per heavy atom. The molecule has 2 rings (SSSR count). The number of rotatable bonds is 5. The lowest BCUT2D eigenvalue weighted by molar-refractivity contribution is 0.184. The average Bonchev–Trinajstić information content (AvgIpc) is 2.84. The molecule has 1 fully saturated rings. The highest BCUT2D eigenvalue weighted by Crippen LogP contribution is 2.18. The second-order valence-corrected chi connectivity index (χ2v) is 6.34. The summed E-state index contributed by atoms with van der Waals surface area (Å²) in [4.78, 5) is 2.15. The molecule has 0 amide bonds. The largest absolute Gasteiger partial charge is 0.758 e. The van der Waals surface area contributed by atoms with Crippen LogP contribution in [-0.2, 0) is 11.3 Å². The monoisotopic (exact) mass is 336 g/mol. The van der Waals surface area contributed by atoms with E-state index in [4.69, 9.17) is 0 Å². The highest BCUT2D eigenvalue weighted by molar-refractivity contribution is 7.76. The molecule has 2 atom stereocenters. The fraction of sp³-hybridized carbons (Fsp3) is 0.750. The molecule has 1 aromatic rings. The fourth-order valence-electron chi connectivity index (χ4n) is 2.39. The van der Waals surface area contributed by atoms with Crippen molar-refractivity contribution in [2.45, 2.75) is 38.8 Å². The first-order chi connectivity index (χ1) is 9.47. The van der Waals surface area contributed by atoms with Crippen LogP contribution >= 0.6 is 12.4 Å². The van der Waals surface area contributed by atoms with Crippen molar-refractivity contribution in [2.24, 2.45) is 0 Å². The van der Waals surface area contributed by atoms with E-state index in [0.717, 1.165) is 25.9 Å². The van der Waals surface area contributed by atoms with Crippen molar-refractivity contribution < 1.29 is 8.76 Å². The van der Waals surface area contributed by atoms with Crippen LogP contribution in [0.4, 0.5) is 5.69 Å². The van der Waals surface area contributed by atoms with E-state index in [2.05, 4.69) is 15.4 Å². The number of piperidine rings is 1. The molecule has 7 nitrogen and oxygen atoms in total. The quantitative estimate of drug-likeness (QED) is 0.649. The minimum absolute atomic E-state index is 0. The first kappa shape index (κ1) is 18.4. The van der Waals surface area contributed by atoms with E-state index in [9.17, 15) is 8.76 Å². The Morgan fingerprint density at radius 1 is 1.57 bits per heavy atom. The second-order valence-electron chi connectivity index (χ2n) is 5.52. The third-order valence-corrected chi connectivity index (χ3v) is 4.17. The molecule has 21 heavy (non-hydrogen) atoms. The Balaban J connectivity index is 0.00000220. The number of anilines is 1. The molecule has 1 unspecified atom stereocenters. The zero-order valence-electron chi connectivity index (χ0n) is 12.6. The number of aromatic nitrogens is 2. The number of nitrogens with zero attached hydrogens (tertiary/aromatic N) is 4. The zero-order valence-corrected chi connectivity index (χ0v) is 14.2. The Kier molecular flexibility index (Phi) is 7.08. The van der Waals surface area contributed by atoms with Crippen LogP contribution in [0.1, 0.15) is 32.7 Å². The van der Waals surface area contributed by atoms with Crippen LogP contribution in [0.5, 0.6) is 0 Å². The topological polar surface area (TPSA) is 76.5 Å². The van der Waals surface area contributed by atoms with Gasteiger partial charge in [0.05, 0.1) is 17.9 Å². The van der Waals surface area contributed by atoms with E-state index in [1.54, 1.807) is 10.9 Å². The van der Waals surface area contributed by atoms with Crippen LogP contribution in [0.2, 0.25) is 0 Å². The molecule has 0 aromatic carbocycles. The number of hydrogen-bond donors (Lipinski definition) is 1.